The maximum atomic E-state index is 12.1. The van der Waals surface area contributed by atoms with Crippen LogP contribution in [0.4, 0.5) is 0 Å². The average Bonchev–Trinajstić information content (AvgIpc) is 2.31. The van der Waals surface area contributed by atoms with Crippen LogP contribution in [0.15, 0.2) is 58.3 Å². The Hall–Kier alpha value is -1.06. The van der Waals surface area contributed by atoms with Crippen molar-refractivity contribution in [2.24, 2.45) is 0 Å². The van der Waals surface area contributed by atoms with Crippen molar-refractivity contribution in [1.82, 2.24) is 0 Å². The topological polar surface area (TPSA) is 17.1 Å². The second kappa shape index (κ2) is 4.67. The van der Waals surface area contributed by atoms with Crippen molar-refractivity contribution in [3.05, 3.63) is 59.7 Å². The van der Waals surface area contributed by atoms with Crippen LogP contribution in [-0.2, 0) is 22.3 Å². The third kappa shape index (κ3) is 2.31. The molecule has 0 aliphatic carbocycles. The zero-order chi connectivity index (χ0) is 11.7. The van der Waals surface area contributed by atoms with E-state index in [-0.39, 0.29) is 0 Å². The quantitative estimate of drug-likeness (QED) is 0.720. The highest BCUT2D eigenvalue weighted by molar-refractivity contribution is 7.99. The lowest BCUT2D eigenvalue weighted by Gasteiger charge is -2.15. The van der Waals surface area contributed by atoms with Crippen LogP contribution in [-0.4, -0.2) is 4.21 Å². The molecule has 0 fully saturated rings. The van der Waals surface area contributed by atoms with Crippen molar-refractivity contribution in [2.75, 3.05) is 0 Å². The lowest BCUT2D eigenvalue weighted by Crippen LogP contribution is -2.04. The van der Waals surface area contributed by atoms with E-state index >= 15 is 0 Å². The van der Waals surface area contributed by atoms with Crippen LogP contribution in [0.25, 0.3) is 0 Å². The van der Waals surface area contributed by atoms with Gasteiger partial charge in [0.2, 0.25) is 0 Å². The van der Waals surface area contributed by atoms with Crippen molar-refractivity contribution >= 4 is 22.6 Å². The normalized spacial score (nSPS) is 15.5. The Kier molecular flexibility index (Phi) is 3.04. The minimum atomic E-state index is -0.805. The summed E-state index contributed by atoms with van der Waals surface area (Å²) in [6.45, 7) is 0. The molecule has 2 aromatic carbocycles. The molecule has 0 saturated heterocycles. The van der Waals surface area contributed by atoms with E-state index in [1.807, 2.05) is 24.3 Å². The lowest BCUT2D eigenvalue weighted by atomic mass is 10.2. The molecule has 1 aliphatic heterocycles. The van der Waals surface area contributed by atoms with Crippen molar-refractivity contribution in [1.29, 1.82) is 0 Å². The van der Waals surface area contributed by atoms with Gasteiger partial charge in [-0.05, 0) is 23.3 Å². The Morgan fingerprint density at radius 3 is 1.82 bits per heavy atom. The van der Waals surface area contributed by atoms with Crippen LogP contribution in [0, 0.1) is 0 Å². The summed E-state index contributed by atoms with van der Waals surface area (Å²) in [5.41, 5.74) is 2.40. The molecule has 0 saturated carbocycles. The van der Waals surface area contributed by atoms with Gasteiger partial charge in [-0.3, -0.25) is 4.21 Å². The smallest absolute Gasteiger partial charge is 0.0500 e. The maximum absolute atomic E-state index is 12.1. The SMILES string of the molecule is O=S1Cc2ccccc2Sc2ccccc2C1. The van der Waals surface area contributed by atoms with Gasteiger partial charge in [0.25, 0.3) is 0 Å². The minimum Gasteiger partial charge on any atom is -0.259 e. The van der Waals surface area contributed by atoms with Crippen LogP contribution in [0.3, 0.4) is 0 Å². The molecule has 2 aromatic rings. The minimum absolute atomic E-state index is 0.664. The molecule has 1 nitrogen and oxygen atoms in total. The van der Waals surface area contributed by atoms with Gasteiger partial charge in [-0.2, -0.15) is 0 Å². The van der Waals surface area contributed by atoms with Crippen molar-refractivity contribution in [3.63, 3.8) is 0 Å². The van der Waals surface area contributed by atoms with Gasteiger partial charge >= 0.3 is 0 Å². The largest absolute Gasteiger partial charge is 0.259 e. The first-order valence-corrected chi connectivity index (χ1v) is 7.82. The number of fused-ring (bicyclic) bond motifs is 2. The molecular weight excluding hydrogens is 248 g/mol. The van der Waals surface area contributed by atoms with Crippen LogP contribution in [0.5, 0.6) is 0 Å². The van der Waals surface area contributed by atoms with Gasteiger partial charge in [0, 0.05) is 32.1 Å². The first kappa shape index (κ1) is 11.1. The maximum Gasteiger partial charge on any atom is 0.0500 e. The first-order chi connectivity index (χ1) is 8.33. The Morgan fingerprint density at radius 2 is 1.29 bits per heavy atom. The van der Waals surface area contributed by atoms with Gasteiger partial charge in [-0.1, -0.05) is 48.2 Å². The van der Waals surface area contributed by atoms with Gasteiger partial charge in [-0.25, -0.2) is 0 Å². The molecule has 0 aromatic heterocycles. The predicted octanol–water partition coefficient (Wildman–Crippen LogP) is 3.60. The van der Waals surface area contributed by atoms with E-state index in [1.165, 1.54) is 20.9 Å². The molecule has 0 unspecified atom stereocenters. The van der Waals surface area contributed by atoms with Crippen LogP contribution in [0.2, 0.25) is 0 Å². The molecule has 0 bridgehead atoms. The summed E-state index contributed by atoms with van der Waals surface area (Å²) in [5.74, 6) is 1.33. The monoisotopic (exact) mass is 260 g/mol. The molecule has 0 atom stereocenters. The van der Waals surface area contributed by atoms with Crippen LogP contribution >= 0.6 is 11.8 Å². The summed E-state index contributed by atoms with van der Waals surface area (Å²) in [6.07, 6.45) is 0. The second-order valence-corrected chi connectivity index (χ2v) is 6.59. The lowest BCUT2D eigenvalue weighted by molar-refractivity contribution is 0.681. The molecule has 0 amide bonds. The average molecular weight is 260 g/mol. The number of rotatable bonds is 0. The molecule has 1 aliphatic rings. The second-order valence-electron chi connectivity index (χ2n) is 4.05. The summed E-state index contributed by atoms with van der Waals surface area (Å²) in [7, 11) is -0.805. The summed E-state index contributed by atoms with van der Waals surface area (Å²) in [4.78, 5) is 2.46. The Bertz CT molecular complexity index is 528. The van der Waals surface area contributed by atoms with E-state index in [0.29, 0.717) is 11.5 Å². The summed E-state index contributed by atoms with van der Waals surface area (Å²) < 4.78 is 12.1. The van der Waals surface area contributed by atoms with E-state index in [0.717, 1.165) is 0 Å². The number of hydrogen-bond acceptors (Lipinski definition) is 2. The van der Waals surface area contributed by atoms with Gasteiger partial charge in [0.05, 0.1) is 0 Å². The van der Waals surface area contributed by atoms with Gasteiger partial charge in [0.1, 0.15) is 0 Å². The molecule has 0 N–H and O–H groups in total. The summed E-state index contributed by atoms with van der Waals surface area (Å²) in [6, 6.07) is 16.5. The van der Waals surface area contributed by atoms with Crippen molar-refractivity contribution in [2.45, 2.75) is 21.3 Å². The zero-order valence-corrected chi connectivity index (χ0v) is 10.9. The summed E-state index contributed by atoms with van der Waals surface area (Å²) >= 11 is 1.78. The van der Waals surface area contributed by atoms with E-state index in [2.05, 4.69) is 24.3 Å². The molecular formula is C14H12OS2. The molecule has 86 valence electrons. The Morgan fingerprint density at radius 1 is 0.824 bits per heavy atom. The molecule has 0 radical (unpaired) electrons. The van der Waals surface area contributed by atoms with E-state index < -0.39 is 10.8 Å². The van der Waals surface area contributed by atoms with Crippen LogP contribution < -0.4 is 0 Å². The standard InChI is InChI=1S/C14H12OS2/c15-17-9-11-5-1-3-7-13(11)16-14-8-4-2-6-12(14)10-17/h1-8H,9-10H2. The third-order valence-corrected chi connectivity index (χ3v) is 5.30. The van der Waals surface area contributed by atoms with Crippen LogP contribution in [0.1, 0.15) is 11.1 Å². The first-order valence-electron chi connectivity index (χ1n) is 5.51. The number of benzene rings is 2. The van der Waals surface area contributed by atoms with E-state index in [4.69, 9.17) is 0 Å². The van der Waals surface area contributed by atoms with E-state index in [1.54, 1.807) is 11.8 Å². The van der Waals surface area contributed by atoms with Gasteiger partial charge in [0.15, 0.2) is 0 Å². The predicted molar refractivity (Wildman–Crippen MR) is 72.6 cm³/mol. The fraction of sp³-hybridized carbons (Fsp3) is 0.143. The molecule has 17 heavy (non-hydrogen) atoms. The van der Waals surface area contributed by atoms with E-state index in [9.17, 15) is 4.21 Å². The Balaban J connectivity index is 2.12. The van der Waals surface area contributed by atoms with Gasteiger partial charge < -0.3 is 0 Å². The number of hydrogen-bond donors (Lipinski definition) is 0. The summed E-state index contributed by atoms with van der Waals surface area (Å²) in [5, 5.41) is 0. The highest BCUT2D eigenvalue weighted by atomic mass is 32.2. The molecule has 3 rings (SSSR count). The van der Waals surface area contributed by atoms with Crippen molar-refractivity contribution < 1.29 is 4.21 Å². The Labute approximate surface area is 108 Å². The molecule has 1 heterocycles. The highest BCUT2D eigenvalue weighted by Gasteiger charge is 2.15. The van der Waals surface area contributed by atoms with Gasteiger partial charge in [-0.15, -0.1) is 0 Å². The molecule has 3 heteroatoms. The third-order valence-electron chi connectivity index (χ3n) is 2.80. The highest BCUT2D eigenvalue weighted by Crippen LogP contribution is 2.35. The molecule has 0 spiro atoms. The fourth-order valence-electron chi connectivity index (χ4n) is 1.96. The van der Waals surface area contributed by atoms with Crippen molar-refractivity contribution in [3.8, 4) is 0 Å². The fourth-order valence-corrected chi connectivity index (χ4v) is 4.52. The zero-order valence-electron chi connectivity index (χ0n) is 9.26.